The zero-order valence-corrected chi connectivity index (χ0v) is 34.1. The summed E-state index contributed by atoms with van der Waals surface area (Å²) in [5, 5.41) is 20.8. The quantitative estimate of drug-likeness (QED) is 0.0733. The first kappa shape index (κ1) is 42.7. The first-order chi connectivity index (χ1) is 29.8. The summed E-state index contributed by atoms with van der Waals surface area (Å²) in [6, 6.07) is 42.6. The lowest BCUT2D eigenvalue weighted by molar-refractivity contribution is -0.150. The summed E-state index contributed by atoms with van der Waals surface area (Å²) in [6.45, 7) is 0.505. The normalized spacial score (nSPS) is 20.2. The van der Waals surface area contributed by atoms with E-state index in [1.54, 1.807) is 0 Å². The molecule has 0 bridgehead atoms. The molecule has 3 amide bonds. The van der Waals surface area contributed by atoms with E-state index in [2.05, 4.69) is 16.0 Å². The average molecular weight is 824 g/mol. The van der Waals surface area contributed by atoms with Crippen molar-refractivity contribution >= 4 is 23.9 Å². The van der Waals surface area contributed by atoms with Gasteiger partial charge in [-0.15, -0.1) is 0 Å². The van der Waals surface area contributed by atoms with Gasteiger partial charge in [-0.05, 0) is 65.6 Å². The van der Waals surface area contributed by atoms with E-state index in [1.807, 2.05) is 146 Å². The molecular weight excluding hydrogens is 771 g/mol. The van der Waals surface area contributed by atoms with Gasteiger partial charge in [0.05, 0.1) is 12.1 Å². The van der Waals surface area contributed by atoms with Crippen LogP contribution in [0.25, 0.3) is 0 Å². The fraction of sp³-hybridized carbons (Fsp3) is 0.320. The molecule has 61 heavy (non-hydrogen) atoms. The van der Waals surface area contributed by atoms with Crippen LogP contribution in [0, 0.1) is 11.3 Å². The van der Waals surface area contributed by atoms with Crippen LogP contribution in [0.15, 0.2) is 146 Å². The number of benzene rings is 5. The molecule has 4 N–H and O–H groups in total. The van der Waals surface area contributed by atoms with Crippen LogP contribution < -0.4 is 20.7 Å². The van der Waals surface area contributed by atoms with Crippen LogP contribution in [0.5, 0.6) is 5.75 Å². The van der Waals surface area contributed by atoms with Gasteiger partial charge >= 0.3 is 12.1 Å². The molecule has 6 atom stereocenters. The number of alkyl carbamates (subject to hydrolysis) is 1. The van der Waals surface area contributed by atoms with E-state index in [9.17, 15) is 24.3 Å². The second kappa shape index (κ2) is 20.7. The van der Waals surface area contributed by atoms with Crippen molar-refractivity contribution < 1.29 is 38.5 Å². The van der Waals surface area contributed by atoms with Gasteiger partial charge in [-0.25, -0.2) is 9.59 Å². The monoisotopic (exact) mass is 823 g/mol. The highest BCUT2D eigenvalue weighted by Crippen LogP contribution is 2.54. The van der Waals surface area contributed by atoms with E-state index in [4.69, 9.17) is 14.2 Å². The number of amides is 3. The number of hydrogen-bond donors (Lipinski definition) is 4. The summed E-state index contributed by atoms with van der Waals surface area (Å²) in [4.78, 5) is 55.0. The predicted octanol–water partition coefficient (Wildman–Crippen LogP) is 7.00. The van der Waals surface area contributed by atoms with Crippen LogP contribution in [0.3, 0.4) is 0 Å². The molecule has 2 aliphatic carbocycles. The molecule has 0 radical (unpaired) electrons. The largest absolute Gasteiger partial charge is 0.489 e. The molecule has 0 heterocycles. The third kappa shape index (κ3) is 11.4. The maximum Gasteiger partial charge on any atom is 0.408 e. The molecule has 2 aliphatic rings. The zero-order valence-electron chi connectivity index (χ0n) is 34.1. The van der Waals surface area contributed by atoms with Crippen molar-refractivity contribution in [3.05, 3.63) is 173 Å². The van der Waals surface area contributed by atoms with Gasteiger partial charge in [-0.1, -0.05) is 140 Å². The lowest BCUT2D eigenvalue weighted by Crippen LogP contribution is -2.55. The molecule has 2 saturated carbocycles. The number of rotatable bonds is 17. The van der Waals surface area contributed by atoms with E-state index in [0.717, 1.165) is 27.8 Å². The van der Waals surface area contributed by atoms with Gasteiger partial charge in [-0.2, -0.15) is 0 Å². The molecule has 316 valence electrons. The summed E-state index contributed by atoms with van der Waals surface area (Å²) in [5.74, 6) is -1.27. The third-order valence-corrected chi connectivity index (χ3v) is 11.9. The summed E-state index contributed by atoms with van der Waals surface area (Å²) in [6.07, 6.45) is 1.35. The topological polar surface area (TPSA) is 152 Å². The number of aliphatic hydroxyl groups excluding tert-OH is 1. The maximum absolute atomic E-state index is 14.2. The highest BCUT2D eigenvalue weighted by Gasteiger charge is 2.57. The second-order valence-corrected chi connectivity index (χ2v) is 16.0. The van der Waals surface area contributed by atoms with Gasteiger partial charge in [0.2, 0.25) is 11.8 Å². The lowest BCUT2D eigenvalue weighted by Gasteiger charge is -2.36. The van der Waals surface area contributed by atoms with Gasteiger partial charge in [0, 0.05) is 24.2 Å². The Bertz CT molecular complexity index is 2190. The molecule has 0 saturated heterocycles. The van der Waals surface area contributed by atoms with Crippen LogP contribution in [0.1, 0.15) is 59.9 Å². The number of aliphatic hydroxyl groups is 1. The number of hydrogen-bond acceptors (Lipinski definition) is 8. The van der Waals surface area contributed by atoms with Crippen LogP contribution in [-0.4, -0.2) is 53.2 Å². The van der Waals surface area contributed by atoms with Crippen molar-refractivity contribution in [2.45, 2.75) is 89.0 Å². The Morgan fingerprint density at radius 3 is 1.72 bits per heavy atom. The van der Waals surface area contributed by atoms with Crippen molar-refractivity contribution in [3.8, 4) is 5.75 Å². The Kier molecular flexibility index (Phi) is 14.5. The van der Waals surface area contributed by atoms with Gasteiger partial charge in [0.25, 0.3) is 0 Å². The molecule has 2 fully saturated rings. The standard InChI is InChI=1S/C50H53N3O8/c54-45-42(27-29-50(45)28-13-22-41(50)46(55)52-44(31-35-14-5-1-6-15-35)48(57)60-33-38-18-9-3-10-19-38)51-47(56)43(53-49(58)61-34-39-20-11-4-12-21-39)30-36-23-25-40(26-24-36)59-32-37-16-7-2-8-17-37/h1-12,14-21,23-26,41-45,54H,13,22,27-34H2,(H,51,56)(H,52,55)(H,53,58)/t41-,42+,43-,44-,45+,50-/m1/s1. The van der Waals surface area contributed by atoms with Crippen molar-refractivity contribution in [3.63, 3.8) is 0 Å². The van der Waals surface area contributed by atoms with Crippen LogP contribution in [-0.2, 0) is 56.5 Å². The molecule has 5 aromatic carbocycles. The van der Waals surface area contributed by atoms with Crippen molar-refractivity contribution in [2.24, 2.45) is 11.3 Å². The Hall–Kier alpha value is -6.46. The maximum atomic E-state index is 14.2. The first-order valence-corrected chi connectivity index (χ1v) is 21.0. The molecular formula is C50H53N3O8. The number of carbonyl (C=O) groups is 4. The van der Waals surface area contributed by atoms with Crippen molar-refractivity contribution in [1.29, 1.82) is 0 Å². The van der Waals surface area contributed by atoms with E-state index < -0.39 is 53.5 Å². The summed E-state index contributed by atoms with van der Waals surface area (Å²) in [5.41, 5.74) is 3.51. The third-order valence-electron chi connectivity index (χ3n) is 11.9. The molecule has 0 unspecified atom stereocenters. The average Bonchev–Trinajstić information content (AvgIpc) is 3.87. The fourth-order valence-electron chi connectivity index (χ4n) is 8.67. The number of carbonyl (C=O) groups excluding carboxylic acids is 4. The number of nitrogens with one attached hydrogen (secondary N) is 3. The molecule has 11 heteroatoms. The van der Waals surface area contributed by atoms with Crippen LogP contribution >= 0.6 is 0 Å². The van der Waals surface area contributed by atoms with Gasteiger partial charge in [-0.3, -0.25) is 9.59 Å². The van der Waals surface area contributed by atoms with E-state index in [0.29, 0.717) is 44.5 Å². The fourth-order valence-corrected chi connectivity index (χ4v) is 8.67. The molecule has 11 nitrogen and oxygen atoms in total. The SMILES string of the molecule is O=C(N[C@H](Cc1ccc(OCc2ccccc2)cc1)C(=O)N[C@H]1CC[C@@]2(CCC[C@@H]2C(=O)N[C@H](Cc2ccccc2)C(=O)OCc2ccccc2)[C@H]1O)OCc1ccccc1. The Labute approximate surface area is 356 Å². The summed E-state index contributed by atoms with van der Waals surface area (Å²) in [7, 11) is 0. The minimum Gasteiger partial charge on any atom is -0.489 e. The van der Waals surface area contributed by atoms with Gasteiger partial charge < -0.3 is 35.3 Å². The zero-order chi connectivity index (χ0) is 42.4. The second-order valence-electron chi connectivity index (χ2n) is 16.0. The van der Waals surface area contributed by atoms with Gasteiger partial charge in [0.1, 0.15) is 37.7 Å². The van der Waals surface area contributed by atoms with E-state index >= 15 is 0 Å². The van der Waals surface area contributed by atoms with Crippen molar-refractivity contribution in [1.82, 2.24) is 16.0 Å². The predicted molar refractivity (Wildman–Crippen MR) is 230 cm³/mol. The molecule has 5 aromatic rings. The minimum atomic E-state index is -1.04. The van der Waals surface area contributed by atoms with Crippen molar-refractivity contribution in [2.75, 3.05) is 0 Å². The molecule has 0 aromatic heterocycles. The summed E-state index contributed by atoms with van der Waals surface area (Å²) < 4.78 is 17.1. The van der Waals surface area contributed by atoms with Crippen LogP contribution in [0.4, 0.5) is 4.79 Å². The molecule has 1 spiro atoms. The Morgan fingerprint density at radius 1 is 0.590 bits per heavy atom. The lowest BCUT2D eigenvalue weighted by atomic mass is 9.73. The first-order valence-electron chi connectivity index (χ1n) is 21.0. The summed E-state index contributed by atoms with van der Waals surface area (Å²) >= 11 is 0. The number of esters is 1. The molecule has 7 rings (SSSR count). The minimum absolute atomic E-state index is 0.0265. The van der Waals surface area contributed by atoms with E-state index in [1.165, 1.54) is 0 Å². The van der Waals surface area contributed by atoms with Gasteiger partial charge in [0.15, 0.2) is 0 Å². The Morgan fingerprint density at radius 2 is 1.11 bits per heavy atom. The molecule has 0 aliphatic heterocycles. The van der Waals surface area contributed by atoms with Crippen LogP contribution in [0.2, 0.25) is 0 Å². The highest BCUT2D eigenvalue weighted by atomic mass is 16.5. The van der Waals surface area contributed by atoms with E-state index in [-0.39, 0.29) is 32.0 Å². The smallest absolute Gasteiger partial charge is 0.408 e. The number of ether oxygens (including phenoxy) is 3. The highest BCUT2D eigenvalue weighted by molar-refractivity contribution is 5.87. The Balaban J connectivity index is 1.01.